The number of amides is 7. The number of carboxylic acids is 1. The van der Waals surface area contributed by atoms with E-state index in [1.165, 1.54) is 34.9 Å². The molecule has 772 valence electrons. The Hall–Kier alpha value is -11.1. The predicted molar refractivity (Wildman–Crippen MR) is 504 cm³/mol. The van der Waals surface area contributed by atoms with Crippen LogP contribution in [0.15, 0.2) is 83.7 Å². The zero-order chi connectivity index (χ0) is 100. The number of carbonyl (C=O) groups excluding carboxylic acids is 8. The Morgan fingerprint density at radius 1 is 0.634 bits per heavy atom. The molecule has 7 amide bonds. The normalized spacial score (nSPS) is 19.3. The SMILES string of the molecule is CCC1(O)C(=O)OCc2c1cc1n(c2=O)Cc2c-1nc1cc(F)c(C)c3c1c2C(NC(=O)OCc1ccc(OC2OC(C(=O)O)C(O)C(O)C2O)c(CNC(=O)CCNC(=O)C(CNC(=O)CCOCCOCCOCCOCCOCCOCCOCCOCCOCCOCCOCCOC)NC(=O)C2CC4(CCN(C(=O)CCCCC(=O)N5Cc6ccccc6C#Cc6ccccc65)CC4)C2)c1)CC3. The number of unbranched alkanes of at least 4 members (excludes halogenated alkanes) is 1. The number of cyclic esters (lactones) is 1. The molecule has 7 aliphatic rings. The van der Waals surface area contributed by atoms with Gasteiger partial charge < -0.3 is 142 Å². The number of carbonyl (C=O) groups is 9. The largest absolute Gasteiger partial charge is 0.479 e. The molecular formula is C101H130FN9O31. The molecule has 2 aliphatic carbocycles. The molecular weight excluding hydrogens is 1850 g/mol. The van der Waals surface area contributed by atoms with Gasteiger partial charge in [0, 0.05) is 111 Å². The van der Waals surface area contributed by atoms with Crippen molar-refractivity contribution in [1.29, 1.82) is 0 Å². The number of alkyl carbamates (subject to hydrolysis) is 1. The molecule has 8 atom stereocenters. The number of aromatic nitrogens is 2. The molecule has 1 spiro atoms. The zero-order valence-corrected chi connectivity index (χ0v) is 80.5. The fourth-order valence-corrected chi connectivity index (χ4v) is 18.3. The standard InChI is InChI=1S/C101H130FN9O31/c1-4-101(126)74-54-80-88-72(61-111(80)95(121)73(74)63-139-98(101)124)87-76(21-20-71-64(2)75(102)55-77(106-88)86(71)87)108-99(125)140-62-65-17-22-81(141-97-91(118)89(116)90(117)92(142-97)96(122)123)69(53-65)58-104-82(112)23-27-103-94(120)78(59-105-83(113)24-30-128-33-34-130-37-38-132-41-42-134-45-46-136-49-50-138-52-51-137-48-47-135-44-43-133-40-39-131-36-35-129-32-31-127-3)107-93(119)70-56-100(57-70)25-28-109(29-26-100)84(114)15-9-10-16-85(115)110-60-68-13-6-5-11-66(68)18-19-67-12-7-8-14-79(67)110/h5-8,11-14,17,22,53-55,70,76,78,89-92,97,116-118,126H,4,9-10,15-16,20-21,23-52,56-63H2,1-3H3,(H,103,120)(H,104,112)(H,105,113)(H,107,119)(H,108,125)(H,122,123). The van der Waals surface area contributed by atoms with Crippen LogP contribution in [0.4, 0.5) is 14.9 Å². The van der Waals surface area contributed by atoms with Crippen LogP contribution in [0.3, 0.4) is 0 Å². The number of hydrogen-bond donors (Lipinski definition) is 10. The first-order chi connectivity index (χ1) is 68.9. The minimum atomic E-state index is -2.13. The van der Waals surface area contributed by atoms with Crippen LogP contribution < -0.4 is 41.8 Å². The average Bonchev–Trinajstić information content (AvgIpc) is 1.53. The molecule has 2 saturated heterocycles. The van der Waals surface area contributed by atoms with E-state index >= 15 is 4.39 Å². The van der Waals surface area contributed by atoms with Crippen molar-refractivity contribution >= 4 is 70.1 Å². The Morgan fingerprint density at radius 2 is 1.21 bits per heavy atom. The fraction of sp³-hybridized carbons (Fsp3) is 0.574. The number of nitrogens with one attached hydrogen (secondary N) is 5. The molecule has 10 N–H and O–H groups in total. The number of halogens is 1. The maximum Gasteiger partial charge on any atom is 0.407 e. The number of aliphatic carboxylic acids is 1. The van der Waals surface area contributed by atoms with Crippen molar-refractivity contribution < 1.29 is 149 Å². The molecule has 0 radical (unpaired) electrons. The molecule has 3 fully saturated rings. The van der Waals surface area contributed by atoms with Gasteiger partial charge in [-0.2, -0.15) is 0 Å². The maximum atomic E-state index is 15.8. The molecule has 13 rings (SSSR count). The highest BCUT2D eigenvalue weighted by molar-refractivity contribution is 5.96. The van der Waals surface area contributed by atoms with Gasteiger partial charge in [0.25, 0.3) is 5.56 Å². The van der Waals surface area contributed by atoms with Crippen molar-refractivity contribution in [2.45, 2.75) is 179 Å². The number of methoxy groups -OCH3 is 1. The quantitative estimate of drug-likeness (QED) is 0.0145. The molecule has 5 aliphatic heterocycles. The molecule has 40 nitrogen and oxygen atoms in total. The molecule has 41 heteroatoms. The zero-order valence-electron chi connectivity index (χ0n) is 80.5. The van der Waals surface area contributed by atoms with E-state index in [1.807, 2.05) is 53.4 Å². The smallest absolute Gasteiger partial charge is 0.407 e. The fourth-order valence-electron chi connectivity index (χ4n) is 18.3. The van der Waals surface area contributed by atoms with E-state index in [0.717, 1.165) is 22.4 Å². The summed E-state index contributed by atoms with van der Waals surface area (Å²) in [4.78, 5) is 146. The number of ether oxygens (including phenoxy) is 16. The van der Waals surface area contributed by atoms with Gasteiger partial charge in [-0.25, -0.2) is 23.8 Å². The molecule has 4 aromatic carbocycles. The van der Waals surface area contributed by atoms with E-state index in [9.17, 15) is 73.5 Å². The Labute approximate surface area is 821 Å². The molecule has 8 unspecified atom stereocenters. The summed E-state index contributed by atoms with van der Waals surface area (Å²) in [5.74, 6) is 0.319. The van der Waals surface area contributed by atoms with Crippen LogP contribution in [0.5, 0.6) is 5.75 Å². The van der Waals surface area contributed by atoms with Crippen molar-refractivity contribution in [3.63, 3.8) is 0 Å². The average molecular weight is 1990 g/mol. The first-order valence-electron chi connectivity index (χ1n) is 48.5. The van der Waals surface area contributed by atoms with Gasteiger partial charge in [0.1, 0.15) is 49.1 Å². The summed E-state index contributed by atoms with van der Waals surface area (Å²) in [6.07, 6.45) is -7.21. The summed E-state index contributed by atoms with van der Waals surface area (Å²) >= 11 is 0. The van der Waals surface area contributed by atoms with Crippen molar-refractivity contribution in [2.24, 2.45) is 11.3 Å². The van der Waals surface area contributed by atoms with E-state index in [0.29, 0.717) is 223 Å². The number of para-hydroxylation sites is 1. The number of fused-ring (bicyclic) bond motifs is 7. The summed E-state index contributed by atoms with van der Waals surface area (Å²) in [5, 5.41) is 68.2. The number of esters is 1. The van der Waals surface area contributed by atoms with Crippen LogP contribution in [0.1, 0.15) is 151 Å². The van der Waals surface area contributed by atoms with Gasteiger partial charge in [-0.1, -0.05) is 55.2 Å². The molecule has 7 heterocycles. The Balaban J connectivity index is 0.559. The number of likely N-dealkylation sites (tertiary alicyclic amines) is 1. The Morgan fingerprint density at radius 3 is 1.82 bits per heavy atom. The van der Waals surface area contributed by atoms with Crippen LogP contribution in [0.25, 0.3) is 22.3 Å². The van der Waals surface area contributed by atoms with Gasteiger partial charge in [-0.15, -0.1) is 0 Å². The number of nitrogens with zero attached hydrogens (tertiary/aromatic N) is 4. The highest BCUT2D eigenvalue weighted by Gasteiger charge is 2.52. The van der Waals surface area contributed by atoms with E-state index in [4.69, 9.17) is 80.8 Å². The second-order valence-corrected chi connectivity index (χ2v) is 35.7. The van der Waals surface area contributed by atoms with Crippen molar-refractivity contribution in [3.05, 3.63) is 156 Å². The Kier molecular flexibility index (Phi) is 41.1. The number of anilines is 1. The predicted octanol–water partition coefficient (Wildman–Crippen LogP) is 4.18. The van der Waals surface area contributed by atoms with Gasteiger partial charge in [-0.05, 0) is 134 Å². The lowest BCUT2D eigenvalue weighted by molar-refractivity contribution is -0.271. The number of piperidine rings is 1. The minimum absolute atomic E-state index is 0.0102. The molecule has 142 heavy (non-hydrogen) atoms. The highest BCUT2D eigenvalue weighted by atomic mass is 19.1. The second kappa shape index (κ2) is 54.0. The van der Waals surface area contributed by atoms with Crippen LogP contribution >= 0.6 is 0 Å². The number of aliphatic hydroxyl groups is 4. The molecule has 1 saturated carbocycles. The van der Waals surface area contributed by atoms with E-state index < -0.39 is 114 Å². The van der Waals surface area contributed by atoms with Crippen molar-refractivity contribution in [3.8, 4) is 29.0 Å². The topological polar surface area (TPSA) is 504 Å². The monoisotopic (exact) mass is 1980 g/mol. The van der Waals surface area contributed by atoms with Crippen molar-refractivity contribution in [1.82, 2.24) is 41.0 Å². The van der Waals surface area contributed by atoms with Gasteiger partial charge in [0.05, 0.1) is 199 Å². The summed E-state index contributed by atoms with van der Waals surface area (Å²) in [5.41, 5.74) is 3.92. The summed E-state index contributed by atoms with van der Waals surface area (Å²) in [7, 11) is 1.62. The van der Waals surface area contributed by atoms with Gasteiger partial charge >= 0.3 is 18.0 Å². The number of aliphatic hydroxyl groups excluding tert-OH is 3. The van der Waals surface area contributed by atoms with E-state index in [2.05, 4.69) is 38.4 Å². The number of carboxylic acid groups (broad SMARTS) is 1. The number of rotatable bonds is 58. The highest BCUT2D eigenvalue weighted by Crippen LogP contribution is 2.53. The number of hydrogen-bond acceptors (Lipinski definition) is 31. The van der Waals surface area contributed by atoms with Gasteiger partial charge in [0.15, 0.2) is 11.7 Å². The van der Waals surface area contributed by atoms with E-state index in [-0.39, 0.29) is 154 Å². The van der Waals surface area contributed by atoms with Gasteiger partial charge in [-0.3, -0.25) is 33.6 Å². The van der Waals surface area contributed by atoms with Gasteiger partial charge in [0.2, 0.25) is 41.7 Å². The van der Waals surface area contributed by atoms with Crippen LogP contribution in [0.2, 0.25) is 0 Å². The number of aryl methyl sites for hydroxylation is 1. The van der Waals surface area contributed by atoms with Crippen molar-refractivity contribution in [2.75, 3.05) is 190 Å². The third kappa shape index (κ3) is 29.2. The summed E-state index contributed by atoms with van der Waals surface area (Å²) in [6, 6.07) is 20.3. The summed E-state index contributed by atoms with van der Waals surface area (Å²) in [6.45, 7) is 11.6. The lowest BCUT2D eigenvalue weighted by Gasteiger charge is -2.51. The lowest BCUT2D eigenvalue weighted by atomic mass is 9.57. The summed E-state index contributed by atoms with van der Waals surface area (Å²) < 4.78 is 106. The number of benzene rings is 4. The first kappa shape index (κ1) is 108. The maximum absolute atomic E-state index is 15.8. The number of pyridine rings is 2. The van der Waals surface area contributed by atoms with Crippen LogP contribution in [-0.2, 0) is 154 Å². The molecule has 6 aromatic rings. The van der Waals surface area contributed by atoms with Crippen LogP contribution in [-0.4, -0.2) is 315 Å². The molecule has 0 bridgehead atoms. The third-order valence-corrected chi connectivity index (χ3v) is 26.2. The Bertz CT molecular complexity index is 5450. The lowest BCUT2D eigenvalue weighted by Crippen LogP contribution is -2.61. The third-order valence-electron chi connectivity index (χ3n) is 26.2. The first-order valence-corrected chi connectivity index (χ1v) is 48.5. The van der Waals surface area contributed by atoms with Crippen LogP contribution in [0, 0.1) is 35.9 Å². The second-order valence-electron chi connectivity index (χ2n) is 35.7. The van der Waals surface area contributed by atoms with E-state index in [1.54, 1.807) is 25.9 Å². The minimum Gasteiger partial charge on any atom is -0.479 e. The molecule has 2 aromatic heterocycles.